The van der Waals surface area contributed by atoms with Gasteiger partial charge >= 0.3 is 5.97 Å². The van der Waals surface area contributed by atoms with E-state index in [1.54, 1.807) is 60.7 Å². The monoisotopic (exact) mass is 442 g/mol. The van der Waals surface area contributed by atoms with Gasteiger partial charge in [0.05, 0.1) is 23.9 Å². The van der Waals surface area contributed by atoms with Crippen molar-refractivity contribution in [3.8, 4) is 11.5 Å². The van der Waals surface area contributed by atoms with Crippen LogP contribution in [-0.4, -0.2) is 25.2 Å². The number of benzene rings is 3. The Balaban J connectivity index is 1.69. The lowest BCUT2D eigenvalue weighted by Crippen LogP contribution is -2.17. The zero-order chi connectivity index (χ0) is 21.5. The number of nitrogens with one attached hydrogen (secondary N) is 1. The number of carbonyl (C=O) groups is 2. The number of methoxy groups -OCH3 is 1. The molecule has 8 heteroatoms. The summed E-state index contributed by atoms with van der Waals surface area (Å²) in [5, 5.41) is 4.67. The summed E-state index contributed by atoms with van der Waals surface area (Å²) in [5.74, 6) is -0.455. The summed E-state index contributed by atoms with van der Waals surface area (Å²) in [5.41, 5.74) is 3.67. The average molecular weight is 443 g/mol. The largest absolute Gasteiger partial charge is 0.493 e. The van der Waals surface area contributed by atoms with Crippen LogP contribution in [0.3, 0.4) is 0 Å². The lowest BCUT2D eigenvalue weighted by Gasteiger charge is -2.10. The second-order valence-corrected chi connectivity index (χ2v) is 6.83. The van der Waals surface area contributed by atoms with Crippen LogP contribution in [-0.2, 0) is 0 Å². The molecule has 0 heterocycles. The van der Waals surface area contributed by atoms with Crippen molar-refractivity contribution in [2.24, 2.45) is 5.10 Å². The maximum absolute atomic E-state index is 12.3. The highest BCUT2D eigenvalue weighted by Gasteiger charge is 2.15. The lowest BCUT2D eigenvalue weighted by atomic mass is 10.2. The first kappa shape index (κ1) is 21.4. The molecular weight excluding hydrogens is 427 g/mol. The highest BCUT2D eigenvalue weighted by molar-refractivity contribution is 6.33. The normalized spacial score (nSPS) is 10.6. The van der Waals surface area contributed by atoms with E-state index in [0.717, 1.165) is 0 Å². The third-order valence-electron chi connectivity index (χ3n) is 3.95. The SMILES string of the molecule is COc1cc(C=NNC(=O)c2cccc(Cl)c2)ccc1OC(=O)c1ccccc1Cl. The fraction of sp³-hybridized carbons (Fsp3) is 0.0455. The number of halogens is 2. The van der Waals surface area contributed by atoms with Crippen LogP contribution in [0.4, 0.5) is 0 Å². The Morgan fingerprint density at radius 2 is 1.77 bits per heavy atom. The molecule has 0 bridgehead atoms. The first-order chi connectivity index (χ1) is 14.5. The van der Waals surface area contributed by atoms with Crippen LogP contribution >= 0.6 is 23.2 Å². The molecule has 0 unspecified atom stereocenters. The van der Waals surface area contributed by atoms with Crippen LogP contribution < -0.4 is 14.9 Å². The van der Waals surface area contributed by atoms with Crippen molar-refractivity contribution in [1.29, 1.82) is 0 Å². The molecule has 3 rings (SSSR count). The molecule has 0 aliphatic heterocycles. The van der Waals surface area contributed by atoms with Gasteiger partial charge in [0.2, 0.25) is 0 Å². The van der Waals surface area contributed by atoms with E-state index in [1.807, 2.05) is 0 Å². The third kappa shape index (κ3) is 5.37. The Morgan fingerprint density at radius 3 is 2.50 bits per heavy atom. The fourth-order valence-corrected chi connectivity index (χ4v) is 2.89. The Labute approximate surface area is 183 Å². The van der Waals surface area contributed by atoms with Gasteiger partial charge in [-0.05, 0) is 54.1 Å². The van der Waals surface area contributed by atoms with Crippen LogP contribution in [0.2, 0.25) is 10.0 Å². The molecular formula is C22H16Cl2N2O4. The lowest BCUT2D eigenvalue weighted by molar-refractivity contribution is 0.0729. The second kappa shape index (κ2) is 9.91. The van der Waals surface area contributed by atoms with E-state index >= 15 is 0 Å². The molecule has 1 amide bonds. The van der Waals surface area contributed by atoms with Gasteiger partial charge in [-0.15, -0.1) is 0 Å². The van der Waals surface area contributed by atoms with Crippen LogP contribution in [0.15, 0.2) is 71.8 Å². The number of rotatable bonds is 6. The predicted octanol–water partition coefficient (Wildman–Crippen LogP) is 4.99. The molecule has 0 saturated heterocycles. The van der Waals surface area contributed by atoms with Crippen LogP contribution in [0, 0.1) is 0 Å². The number of carbonyl (C=O) groups excluding carboxylic acids is 2. The van der Waals surface area contributed by atoms with Crippen molar-refractivity contribution < 1.29 is 19.1 Å². The van der Waals surface area contributed by atoms with Gasteiger partial charge in [-0.1, -0.05) is 41.4 Å². The van der Waals surface area contributed by atoms with Crippen LogP contribution in [0.5, 0.6) is 11.5 Å². The molecule has 3 aromatic rings. The maximum atomic E-state index is 12.3. The van der Waals surface area contributed by atoms with Crippen molar-refractivity contribution in [3.05, 3.63) is 93.5 Å². The zero-order valence-electron chi connectivity index (χ0n) is 15.8. The van der Waals surface area contributed by atoms with Crippen LogP contribution in [0.25, 0.3) is 0 Å². The minimum Gasteiger partial charge on any atom is -0.493 e. The number of esters is 1. The van der Waals surface area contributed by atoms with Crippen molar-refractivity contribution in [3.63, 3.8) is 0 Å². The first-order valence-corrected chi connectivity index (χ1v) is 9.47. The van der Waals surface area contributed by atoms with Gasteiger partial charge in [0.1, 0.15) is 0 Å². The molecule has 3 aromatic carbocycles. The van der Waals surface area contributed by atoms with Gasteiger partial charge in [-0.2, -0.15) is 5.10 Å². The van der Waals surface area contributed by atoms with Gasteiger partial charge in [0, 0.05) is 10.6 Å². The van der Waals surface area contributed by atoms with E-state index in [0.29, 0.717) is 26.9 Å². The number of ether oxygens (including phenoxy) is 2. The van der Waals surface area contributed by atoms with E-state index in [9.17, 15) is 9.59 Å². The average Bonchev–Trinajstić information content (AvgIpc) is 2.74. The quantitative estimate of drug-likeness (QED) is 0.252. The summed E-state index contributed by atoms with van der Waals surface area (Å²) in [6, 6.07) is 17.9. The Bertz CT molecular complexity index is 1120. The number of hydrazone groups is 1. The zero-order valence-corrected chi connectivity index (χ0v) is 17.3. The van der Waals surface area contributed by atoms with Crippen molar-refractivity contribution in [1.82, 2.24) is 5.43 Å². The van der Waals surface area contributed by atoms with E-state index in [4.69, 9.17) is 32.7 Å². The van der Waals surface area contributed by atoms with Gasteiger partial charge in [-0.25, -0.2) is 10.2 Å². The van der Waals surface area contributed by atoms with E-state index in [2.05, 4.69) is 10.5 Å². The van der Waals surface area contributed by atoms with Gasteiger partial charge < -0.3 is 9.47 Å². The summed E-state index contributed by atoms with van der Waals surface area (Å²) in [6.07, 6.45) is 1.44. The molecule has 0 spiro atoms. The van der Waals surface area contributed by atoms with Crippen LogP contribution in [0.1, 0.15) is 26.3 Å². The molecule has 0 fully saturated rings. The number of hydrogen-bond donors (Lipinski definition) is 1. The summed E-state index contributed by atoms with van der Waals surface area (Å²) in [4.78, 5) is 24.4. The summed E-state index contributed by atoms with van der Waals surface area (Å²) >= 11 is 11.9. The van der Waals surface area contributed by atoms with E-state index < -0.39 is 11.9 Å². The van der Waals surface area contributed by atoms with E-state index in [1.165, 1.54) is 19.4 Å². The first-order valence-electron chi connectivity index (χ1n) is 8.71. The number of nitrogens with zero attached hydrogens (tertiary/aromatic N) is 1. The van der Waals surface area contributed by atoms with Gasteiger partial charge in [-0.3, -0.25) is 4.79 Å². The molecule has 30 heavy (non-hydrogen) atoms. The van der Waals surface area contributed by atoms with Gasteiger partial charge in [0.25, 0.3) is 5.91 Å². The molecule has 0 saturated carbocycles. The topological polar surface area (TPSA) is 77.0 Å². The number of hydrogen-bond acceptors (Lipinski definition) is 5. The molecule has 0 radical (unpaired) electrons. The minimum absolute atomic E-state index is 0.225. The second-order valence-electron chi connectivity index (χ2n) is 5.99. The Hall–Kier alpha value is -3.35. The Morgan fingerprint density at radius 1 is 0.967 bits per heavy atom. The smallest absolute Gasteiger partial charge is 0.345 e. The highest BCUT2D eigenvalue weighted by atomic mass is 35.5. The molecule has 152 valence electrons. The molecule has 0 aliphatic carbocycles. The molecule has 1 N–H and O–H groups in total. The number of amides is 1. The summed E-state index contributed by atoms with van der Waals surface area (Å²) in [7, 11) is 1.45. The summed E-state index contributed by atoms with van der Waals surface area (Å²) < 4.78 is 10.7. The summed E-state index contributed by atoms with van der Waals surface area (Å²) in [6.45, 7) is 0. The van der Waals surface area contributed by atoms with Crippen molar-refractivity contribution >= 4 is 41.3 Å². The molecule has 0 atom stereocenters. The molecule has 0 aromatic heterocycles. The van der Waals surface area contributed by atoms with Crippen molar-refractivity contribution in [2.75, 3.05) is 7.11 Å². The van der Waals surface area contributed by atoms with E-state index in [-0.39, 0.29) is 11.3 Å². The minimum atomic E-state index is -0.603. The molecule has 6 nitrogen and oxygen atoms in total. The Kier molecular flexibility index (Phi) is 7.06. The standard InChI is InChI=1S/C22H16Cl2N2O4/c1-29-20-11-14(13-25-26-21(27)15-5-4-6-16(23)12-15)9-10-19(20)30-22(28)17-7-2-3-8-18(17)24/h2-13H,1H3,(H,26,27). The van der Waals surface area contributed by atoms with Crippen molar-refractivity contribution in [2.45, 2.75) is 0 Å². The maximum Gasteiger partial charge on any atom is 0.345 e. The predicted molar refractivity (Wildman–Crippen MR) is 116 cm³/mol. The molecule has 0 aliphatic rings. The van der Waals surface area contributed by atoms with Gasteiger partial charge in [0.15, 0.2) is 11.5 Å². The highest BCUT2D eigenvalue weighted by Crippen LogP contribution is 2.29. The fourth-order valence-electron chi connectivity index (χ4n) is 2.49. The third-order valence-corrected chi connectivity index (χ3v) is 4.52.